The summed E-state index contributed by atoms with van der Waals surface area (Å²) in [6.07, 6.45) is 9.43. The lowest BCUT2D eigenvalue weighted by Gasteiger charge is -2.36. The van der Waals surface area contributed by atoms with E-state index in [1.807, 2.05) is 19.1 Å². The highest BCUT2D eigenvalue weighted by Gasteiger charge is 2.36. The maximum atomic E-state index is 11.6. The molecule has 0 spiro atoms. The molecular weight excluding hydrogens is 332 g/mol. The lowest BCUT2D eigenvalue weighted by Crippen LogP contribution is -2.40. The lowest BCUT2D eigenvalue weighted by atomic mass is 10.2. The zero-order valence-electron chi connectivity index (χ0n) is 17.1. The molecule has 0 aromatic heterocycles. The van der Waals surface area contributed by atoms with E-state index in [2.05, 4.69) is 39.9 Å². The van der Waals surface area contributed by atoms with Gasteiger partial charge in [0.2, 0.25) is 5.79 Å². The van der Waals surface area contributed by atoms with Crippen molar-refractivity contribution in [3.05, 3.63) is 35.6 Å². The van der Waals surface area contributed by atoms with Gasteiger partial charge in [0.05, 0.1) is 6.08 Å². The standard InChI is InChI=1S/C20H34O4Si/c1-16(17-15-18(21)24-20(5,6)23-17)13-11-9-10-12-14-22-25(7,8)19(2,3)4/h9,11,13,15H,10,12,14H2,1-8H3. The quantitative estimate of drug-likeness (QED) is 0.259. The first kappa shape index (κ1) is 21.7. The van der Waals surface area contributed by atoms with Crippen LogP contribution in [0.5, 0.6) is 0 Å². The number of allylic oxidation sites excluding steroid dienone is 4. The molecule has 0 atom stereocenters. The van der Waals surface area contributed by atoms with Crippen LogP contribution in [0.1, 0.15) is 54.4 Å². The Labute approximate surface area is 154 Å². The van der Waals surface area contributed by atoms with E-state index in [-0.39, 0.29) is 11.0 Å². The highest BCUT2D eigenvalue weighted by molar-refractivity contribution is 6.74. The molecule has 0 saturated heterocycles. The third-order valence-electron chi connectivity index (χ3n) is 4.61. The summed E-state index contributed by atoms with van der Waals surface area (Å²) in [6, 6.07) is 0. The van der Waals surface area contributed by atoms with Crippen molar-refractivity contribution in [2.24, 2.45) is 0 Å². The van der Waals surface area contributed by atoms with E-state index in [0.29, 0.717) is 5.76 Å². The first-order valence-electron chi connectivity index (χ1n) is 8.95. The minimum Gasteiger partial charge on any atom is -0.452 e. The van der Waals surface area contributed by atoms with Crippen LogP contribution < -0.4 is 0 Å². The van der Waals surface area contributed by atoms with E-state index >= 15 is 0 Å². The molecule has 1 aliphatic heterocycles. The SMILES string of the molecule is CC(=CC=CCCCO[Si](C)(C)C(C)(C)C)C1=CC(=O)OC(C)(C)O1. The van der Waals surface area contributed by atoms with Crippen LogP contribution in [0.4, 0.5) is 0 Å². The summed E-state index contributed by atoms with van der Waals surface area (Å²) in [7, 11) is -1.64. The van der Waals surface area contributed by atoms with E-state index in [1.54, 1.807) is 13.8 Å². The fraction of sp³-hybridized carbons (Fsp3) is 0.650. The Hall–Kier alpha value is -1.33. The molecule has 0 amide bonds. The third-order valence-corrected chi connectivity index (χ3v) is 9.14. The smallest absolute Gasteiger partial charge is 0.337 e. The first-order valence-corrected chi connectivity index (χ1v) is 11.9. The minimum absolute atomic E-state index is 0.255. The summed E-state index contributed by atoms with van der Waals surface area (Å²) in [5.41, 5.74) is 0.901. The molecule has 25 heavy (non-hydrogen) atoms. The van der Waals surface area contributed by atoms with Crippen molar-refractivity contribution < 1.29 is 18.7 Å². The molecule has 1 aliphatic rings. The van der Waals surface area contributed by atoms with Gasteiger partial charge in [-0.25, -0.2) is 4.79 Å². The van der Waals surface area contributed by atoms with Gasteiger partial charge in [-0.15, -0.1) is 0 Å². The van der Waals surface area contributed by atoms with Crippen LogP contribution in [0.25, 0.3) is 0 Å². The maximum absolute atomic E-state index is 11.6. The monoisotopic (exact) mass is 366 g/mol. The van der Waals surface area contributed by atoms with Crippen molar-refractivity contribution in [1.29, 1.82) is 0 Å². The second-order valence-electron chi connectivity index (χ2n) is 8.46. The summed E-state index contributed by atoms with van der Waals surface area (Å²) < 4.78 is 16.9. The molecule has 0 bridgehead atoms. The summed E-state index contributed by atoms with van der Waals surface area (Å²) >= 11 is 0. The molecule has 0 saturated carbocycles. The second kappa shape index (κ2) is 8.36. The van der Waals surface area contributed by atoms with Crippen molar-refractivity contribution in [2.45, 2.75) is 78.3 Å². The van der Waals surface area contributed by atoms with Gasteiger partial charge < -0.3 is 13.9 Å². The molecular formula is C20H34O4Si. The van der Waals surface area contributed by atoms with Crippen molar-refractivity contribution >= 4 is 14.3 Å². The first-order chi connectivity index (χ1) is 11.3. The molecule has 0 unspecified atom stereocenters. The Morgan fingerprint density at radius 3 is 2.48 bits per heavy atom. The number of carbonyl (C=O) groups excluding carboxylic acids is 1. The van der Waals surface area contributed by atoms with Crippen LogP contribution in [-0.2, 0) is 18.7 Å². The molecule has 0 aliphatic carbocycles. The molecule has 5 heteroatoms. The Bertz CT molecular complexity index is 563. The van der Waals surface area contributed by atoms with Gasteiger partial charge in [-0.3, -0.25) is 0 Å². The largest absolute Gasteiger partial charge is 0.452 e. The predicted molar refractivity (Wildman–Crippen MR) is 105 cm³/mol. The molecule has 0 aromatic rings. The van der Waals surface area contributed by atoms with Crippen molar-refractivity contribution in [3.8, 4) is 0 Å². The van der Waals surface area contributed by atoms with Gasteiger partial charge in [0, 0.05) is 20.5 Å². The van der Waals surface area contributed by atoms with Gasteiger partial charge >= 0.3 is 5.97 Å². The Balaban J connectivity index is 2.43. The van der Waals surface area contributed by atoms with E-state index in [4.69, 9.17) is 13.9 Å². The maximum Gasteiger partial charge on any atom is 0.337 e. The van der Waals surface area contributed by atoms with Crippen molar-refractivity contribution in [3.63, 3.8) is 0 Å². The minimum atomic E-state index is -1.64. The summed E-state index contributed by atoms with van der Waals surface area (Å²) in [5, 5.41) is 0.255. The molecule has 4 nitrogen and oxygen atoms in total. The Kier molecular flexibility index (Phi) is 7.26. The molecule has 142 valence electrons. The van der Waals surface area contributed by atoms with E-state index in [0.717, 1.165) is 25.0 Å². The third kappa shape index (κ3) is 7.20. The molecule has 0 fully saturated rings. The van der Waals surface area contributed by atoms with E-state index < -0.39 is 14.1 Å². The second-order valence-corrected chi connectivity index (χ2v) is 13.3. The van der Waals surface area contributed by atoms with Crippen LogP contribution in [0, 0.1) is 0 Å². The van der Waals surface area contributed by atoms with Crippen LogP contribution in [0.3, 0.4) is 0 Å². The fourth-order valence-corrected chi connectivity index (χ4v) is 3.11. The summed E-state index contributed by atoms with van der Waals surface area (Å²) in [4.78, 5) is 11.6. The predicted octanol–water partition coefficient (Wildman–Crippen LogP) is 5.48. The van der Waals surface area contributed by atoms with Gasteiger partial charge in [0.1, 0.15) is 5.76 Å². The highest BCUT2D eigenvalue weighted by atomic mass is 28.4. The number of rotatable bonds is 7. The highest BCUT2D eigenvalue weighted by Crippen LogP contribution is 2.36. The van der Waals surface area contributed by atoms with Crippen LogP contribution in [0.15, 0.2) is 35.6 Å². The van der Waals surface area contributed by atoms with E-state index in [1.165, 1.54) is 6.08 Å². The Morgan fingerprint density at radius 1 is 1.28 bits per heavy atom. The zero-order valence-corrected chi connectivity index (χ0v) is 18.1. The van der Waals surface area contributed by atoms with Crippen LogP contribution >= 0.6 is 0 Å². The normalized spacial score (nSPS) is 18.8. The molecule has 0 N–H and O–H groups in total. The number of hydrogen-bond donors (Lipinski definition) is 0. The van der Waals surface area contributed by atoms with Crippen LogP contribution in [-0.4, -0.2) is 26.7 Å². The van der Waals surface area contributed by atoms with Gasteiger partial charge in [-0.05, 0) is 43.5 Å². The van der Waals surface area contributed by atoms with Gasteiger partial charge in [0.15, 0.2) is 8.32 Å². The van der Waals surface area contributed by atoms with Crippen molar-refractivity contribution in [1.82, 2.24) is 0 Å². The zero-order chi connectivity index (χ0) is 19.3. The van der Waals surface area contributed by atoms with Gasteiger partial charge in [-0.2, -0.15) is 0 Å². The number of ether oxygens (including phenoxy) is 2. The van der Waals surface area contributed by atoms with Crippen molar-refractivity contribution in [2.75, 3.05) is 6.61 Å². The summed E-state index contributed by atoms with van der Waals surface area (Å²) in [6.45, 7) is 17.5. The fourth-order valence-electron chi connectivity index (χ4n) is 2.02. The average Bonchev–Trinajstić information content (AvgIpc) is 2.42. The number of hydrogen-bond acceptors (Lipinski definition) is 4. The number of cyclic esters (lactones) is 1. The van der Waals surface area contributed by atoms with Gasteiger partial charge in [-0.1, -0.05) is 39.0 Å². The average molecular weight is 367 g/mol. The topological polar surface area (TPSA) is 44.8 Å². The number of unbranched alkanes of at least 4 members (excludes halogenated alkanes) is 1. The van der Waals surface area contributed by atoms with E-state index in [9.17, 15) is 4.79 Å². The number of carbonyl (C=O) groups is 1. The molecule has 1 heterocycles. The molecule has 0 radical (unpaired) electrons. The van der Waals surface area contributed by atoms with Gasteiger partial charge in [0.25, 0.3) is 0 Å². The molecule has 0 aromatic carbocycles. The molecule has 1 rings (SSSR count). The lowest BCUT2D eigenvalue weighted by molar-refractivity contribution is -0.203. The summed E-state index contributed by atoms with van der Waals surface area (Å²) in [5.74, 6) is -0.723. The number of esters is 1. The van der Waals surface area contributed by atoms with Crippen LogP contribution in [0.2, 0.25) is 18.1 Å². The Morgan fingerprint density at radius 2 is 1.92 bits per heavy atom.